The highest BCUT2D eigenvalue weighted by Gasteiger charge is 2.22. The van der Waals surface area contributed by atoms with E-state index < -0.39 is 0 Å². The molecule has 0 saturated carbocycles. The minimum Gasteiger partial charge on any atom is -0.456 e. The fourth-order valence-corrected chi connectivity index (χ4v) is 3.31. The number of carbonyl (C=O) groups is 1. The number of nitrogens with two attached hydrogens (primary N) is 1. The SMILES string of the molecule is Nc1ncc(-c2cncc3cc(/C=C4/SC(=S)NC4=O)oc23)cn1. The Morgan fingerprint density at radius 2 is 2.04 bits per heavy atom. The van der Waals surface area contributed by atoms with Gasteiger partial charge >= 0.3 is 0 Å². The summed E-state index contributed by atoms with van der Waals surface area (Å²) in [5.41, 5.74) is 7.64. The van der Waals surface area contributed by atoms with Gasteiger partial charge in [-0.2, -0.15) is 0 Å². The molecule has 0 aromatic carbocycles. The third-order valence-electron chi connectivity index (χ3n) is 3.34. The Hall–Kier alpha value is -2.78. The molecule has 24 heavy (non-hydrogen) atoms. The maximum absolute atomic E-state index is 11.8. The summed E-state index contributed by atoms with van der Waals surface area (Å²) in [7, 11) is 0. The lowest BCUT2D eigenvalue weighted by molar-refractivity contribution is -0.115. The number of amides is 1. The van der Waals surface area contributed by atoms with Crippen molar-refractivity contribution in [2.75, 3.05) is 5.73 Å². The van der Waals surface area contributed by atoms with Crippen molar-refractivity contribution >= 4 is 57.2 Å². The van der Waals surface area contributed by atoms with Crippen LogP contribution in [0, 0.1) is 0 Å². The molecular formula is C15H9N5O2S2. The summed E-state index contributed by atoms with van der Waals surface area (Å²) in [5.74, 6) is 0.512. The van der Waals surface area contributed by atoms with Crippen molar-refractivity contribution in [2.24, 2.45) is 0 Å². The number of hydrogen-bond acceptors (Lipinski definition) is 8. The van der Waals surface area contributed by atoms with Crippen LogP contribution >= 0.6 is 24.0 Å². The van der Waals surface area contributed by atoms with Crippen LogP contribution < -0.4 is 11.1 Å². The Morgan fingerprint density at radius 3 is 2.75 bits per heavy atom. The lowest BCUT2D eigenvalue weighted by Crippen LogP contribution is -2.17. The topological polar surface area (TPSA) is 107 Å². The van der Waals surface area contributed by atoms with Gasteiger partial charge in [-0.25, -0.2) is 9.97 Å². The van der Waals surface area contributed by atoms with Gasteiger partial charge in [-0.15, -0.1) is 0 Å². The van der Waals surface area contributed by atoms with Crippen molar-refractivity contribution in [2.45, 2.75) is 0 Å². The molecule has 1 saturated heterocycles. The van der Waals surface area contributed by atoms with Crippen LogP contribution in [0.4, 0.5) is 5.95 Å². The number of furan rings is 1. The molecule has 118 valence electrons. The van der Waals surface area contributed by atoms with Gasteiger partial charge in [-0.05, 0) is 6.07 Å². The van der Waals surface area contributed by atoms with E-state index in [-0.39, 0.29) is 11.9 Å². The van der Waals surface area contributed by atoms with Crippen molar-refractivity contribution in [1.82, 2.24) is 20.3 Å². The first-order chi connectivity index (χ1) is 11.6. The molecule has 7 nitrogen and oxygen atoms in total. The number of thiocarbonyl (C=S) groups is 1. The lowest BCUT2D eigenvalue weighted by Gasteiger charge is -2.01. The van der Waals surface area contributed by atoms with Crippen LogP contribution in [0.2, 0.25) is 0 Å². The normalized spacial score (nSPS) is 16.1. The van der Waals surface area contributed by atoms with Crippen LogP contribution in [-0.2, 0) is 4.79 Å². The minimum absolute atomic E-state index is 0.198. The number of carbonyl (C=O) groups excluding carboxylic acids is 1. The van der Waals surface area contributed by atoms with Gasteiger partial charge in [0.2, 0.25) is 5.95 Å². The summed E-state index contributed by atoms with van der Waals surface area (Å²) >= 11 is 6.18. The molecule has 3 aromatic rings. The average molecular weight is 355 g/mol. The van der Waals surface area contributed by atoms with Gasteiger partial charge in [0.1, 0.15) is 15.7 Å². The number of thioether (sulfide) groups is 1. The maximum atomic E-state index is 11.8. The largest absolute Gasteiger partial charge is 0.456 e. The summed E-state index contributed by atoms with van der Waals surface area (Å²) in [4.78, 5) is 24.4. The molecule has 1 aliphatic rings. The summed E-state index contributed by atoms with van der Waals surface area (Å²) in [6.07, 6.45) is 8.23. The Morgan fingerprint density at radius 1 is 1.25 bits per heavy atom. The van der Waals surface area contributed by atoms with E-state index in [0.717, 1.165) is 16.5 Å². The fraction of sp³-hybridized carbons (Fsp3) is 0. The number of pyridine rings is 1. The number of nitrogens with zero attached hydrogens (tertiary/aromatic N) is 3. The average Bonchev–Trinajstić information content (AvgIpc) is 3.10. The molecule has 0 aliphatic carbocycles. The standard InChI is InChI=1S/C15H9N5O2S2/c16-14-18-4-8(5-19-14)10-6-17-3-7-1-9(22-12(7)10)2-11-13(21)20-15(23)24-11/h1-6H,(H2,16,18,19)(H,20,21,23)/b11-2+. The highest BCUT2D eigenvalue weighted by atomic mass is 32.2. The van der Waals surface area contributed by atoms with Crippen LogP contribution in [0.15, 0.2) is 40.2 Å². The predicted molar refractivity (Wildman–Crippen MR) is 95.8 cm³/mol. The van der Waals surface area contributed by atoms with E-state index in [0.29, 0.717) is 20.6 Å². The van der Waals surface area contributed by atoms with Gasteiger partial charge in [0.25, 0.3) is 5.91 Å². The van der Waals surface area contributed by atoms with Crippen molar-refractivity contribution in [3.05, 3.63) is 41.5 Å². The minimum atomic E-state index is -0.226. The van der Waals surface area contributed by atoms with E-state index in [1.165, 1.54) is 11.8 Å². The first-order valence-corrected chi connectivity index (χ1v) is 8.03. The van der Waals surface area contributed by atoms with Crippen LogP contribution in [0.1, 0.15) is 5.76 Å². The Labute approximate surface area is 145 Å². The first kappa shape index (κ1) is 14.8. The van der Waals surface area contributed by atoms with Gasteiger partial charge in [-0.1, -0.05) is 24.0 Å². The molecular weight excluding hydrogens is 346 g/mol. The molecule has 3 N–H and O–H groups in total. The third kappa shape index (κ3) is 2.63. The maximum Gasteiger partial charge on any atom is 0.263 e. The van der Waals surface area contributed by atoms with Crippen LogP contribution in [0.25, 0.3) is 28.2 Å². The summed E-state index contributed by atoms with van der Waals surface area (Å²) in [6.45, 7) is 0. The third-order valence-corrected chi connectivity index (χ3v) is 4.50. The molecule has 0 bridgehead atoms. The van der Waals surface area contributed by atoms with Gasteiger partial charge in [0.05, 0.1) is 4.91 Å². The molecule has 0 unspecified atom stereocenters. The highest BCUT2D eigenvalue weighted by Crippen LogP contribution is 2.32. The number of hydrogen-bond donors (Lipinski definition) is 2. The van der Waals surface area contributed by atoms with Gasteiger partial charge in [0, 0.05) is 47.4 Å². The molecule has 1 fully saturated rings. The zero-order chi connectivity index (χ0) is 16.7. The van der Waals surface area contributed by atoms with E-state index >= 15 is 0 Å². The quantitative estimate of drug-likeness (QED) is 0.533. The number of nitrogens with one attached hydrogen (secondary N) is 1. The lowest BCUT2D eigenvalue weighted by atomic mass is 10.1. The molecule has 0 spiro atoms. The zero-order valence-electron chi connectivity index (χ0n) is 12.0. The molecule has 1 aliphatic heterocycles. The summed E-state index contributed by atoms with van der Waals surface area (Å²) in [6, 6.07) is 1.81. The van der Waals surface area contributed by atoms with Crippen molar-refractivity contribution in [3.8, 4) is 11.1 Å². The molecule has 4 heterocycles. The Balaban J connectivity index is 1.80. The molecule has 0 radical (unpaired) electrons. The van der Waals surface area contributed by atoms with E-state index in [9.17, 15) is 4.79 Å². The van der Waals surface area contributed by atoms with E-state index in [2.05, 4.69) is 20.3 Å². The van der Waals surface area contributed by atoms with Gasteiger partial charge in [0.15, 0.2) is 0 Å². The Kier molecular flexibility index (Phi) is 3.51. The van der Waals surface area contributed by atoms with E-state index in [4.69, 9.17) is 22.4 Å². The zero-order valence-corrected chi connectivity index (χ0v) is 13.6. The first-order valence-electron chi connectivity index (χ1n) is 6.80. The fourth-order valence-electron chi connectivity index (χ4n) is 2.29. The number of nitrogen functional groups attached to an aromatic ring is 1. The second kappa shape index (κ2) is 5.69. The number of rotatable bonds is 2. The molecule has 0 atom stereocenters. The summed E-state index contributed by atoms with van der Waals surface area (Å²) in [5, 5.41) is 3.38. The number of aromatic nitrogens is 3. The van der Waals surface area contributed by atoms with Crippen molar-refractivity contribution in [1.29, 1.82) is 0 Å². The monoisotopic (exact) mass is 355 g/mol. The smallest absolute Gasteiger partial charge is 0.263 e. The second-order valence-corrected chi connectivity index (χ2v) is 6.66. The molecule has 9 heteroatoms. The molecule has 4 rings (SSSR count). The number of anilines is 1. The van der Waals surface area contributed by atoms with Crippen molar-refractivity contribution in [3.63, 3.8) is 0 Å². The predicted octanol–water partition coefficient (Wildman–Crippen LogP) is 2.36. The summed E-state index contributed by atoms with van der Waals surface area (Å²) < 4.78 is 6.32. The Bertz CT molecular complexity index is 1010. The number of fused-ring (bicyclic) bond motifs is 1. The van der Waals surface area contributed by atoms with E-state index in [1.807, 2.05) is 6.07 Å². The molecule has 3 aromatic heterocycles. The van der Waals surface area contributed by atoms with Crippen LogP contribution in [-0.4, -0.2) is 25.2 Å². The van der Waals surface area contributed by atoms with E-state index in [1.54, 1.807) is 30.9 Å². The van der Waals surface area contributed by atoms with Gasteiger partial charge in [-0.3, -0.25) is 9.78 Å². The van der Waals surface area contributed by atoms with Crippen LogP contribution in [0.5, 0.6) is 0 Å². The molecule has 1 amide bonds. The second-order valence-electron chi connectivity index (χ2n) is 4.94. The van der Waals surface area contributed by atoms with Crippen LogP contribution in [0.3, 0.4) is 0 Å². The highest BCUT2D eigenvalue weighted by molar-refractivity contribution is 8.26. The van der Waals surface area contributed by atoms with Gasteiger partial charge < -0.3 is 15.5 Å². The van der Waals surface area contributed by atoms with Crippen molar-refractivity contribution < 1.29 is 9.21 Å².